The third-order valence-electron chi connectivity index (χ3n) is 2.80. The van der Waals surface area contributed by atoms with Gasteiger partial charge >= 0.3 is 0 Å². The molecular formula is C13H12BrN3OS2. The van der Waals surface area contributed by atoms with Crippen LogP contribution in [0.1, 0.15) is 23.2 Å². The molecule has 0 atom stereocenters. The predicted molar refractivity (Wildman–Crippen MR) is 85.8 cm³/mol. The topological polar surface area (TPSA) is 54.9 Å². The number of hydrogen-bond donors (Lipinski definition) is 1. The summed E-state index contributed by atoms with van der Waals surface area (Å²) in [6.07, 6.45) is 2.42. The van der Waals surface area contributed by atoms with Crippen molar-refractivity contribution >= 4 is 49.9 Å². The van der Waals surface area contributed by atoms with Gasteiger partial charge in [0.25, 0.3) is 0 Å². The zero-order valence-corrected chi connectivity index (χ0v) is 13.7. The summed E-state index contributed by atoms with van der Waals surface area (Å²) < 4.78 is 1.81. The van der Waals surface area contributed by atoms with Gasteiger partial charge in [0.1, 0.15) is 0 Å². The van der Waals surface area contributed by atoms with Crippen LogP contribution in [0.25, 0.3) is 0 Å². The van der Waals surface area contributed by atoms with Crippen LogP contribution in [0.3, 0.4) is 0 Å². The maximum Gasteiger partial charge on any atom is 0.206 e. The number of rotatable bonds is 6. The monoisotopic (exact) mass is 369 g/mol. The largest absolute Gasteiger partial charge is 0.357 e. The van der Waals surface area contributed by atoms with Gasteiger partial charge in [-0.15, -0.1) is 10.2 Å². The Hall–Kier alpha value is -0.920. The Morgan fingerprint density at radius 2 is 2.10 bits per heavy atom. The third kappa shape index (κ3) is 3.80. The Kier molecular flexibility index (Phi) is 4.38. The molecule has 0 radical (unpaired) electrons. The van der Waals surface area contributed by atoms with Crippen LogP contribution >= 0.6 is 39.0 Å². The number of thioether (sulfide) groups is 1. The molecule has 1 fully saturated rings. The molecule has 1 aliphatic rings. The van der Waals surface area contributed by atoms with Gasteiger partial charge in [-0.2, -0.15) is 0 Å². The standard InChI is InChI=1S/C13H12BrN3OS2/c14-9-3-1-8(2-4-9)11(18)7-19-13-17-16-12(20-13)15-10-5-6-10/h1-4,10H,5-7H2,(H,15,16). The Balaban J connectivity index is 1.54. The first-order valence-electron chi connectivity index (χ1n) is 6.22. The van der Waals surface area contributed by atoms with Crippen LogP contribution in [0.5, 0.6) is 0 Å². The van der Waals surface area contributed by atoms with Gasteiger partial charge in [0.15, 0.2) is 10.1 Å². The van der Waals surface area contributed by atoms with Gasteiger partial charge in [0, 0.05) is 16.1 Å². The average Bonchev–Trinajstić information content (AvgIpc) is 3.14. The van der Waals surface area contributed by atoms with Crippen molar-refractivity contribution in [1.29, 1.82) is 0 Å². The van der Waals surface area contributed by atoms with E-state index >= 15 is 0 Å². The molecule has 0 saturated heterocycles. The lowest BCUT2D eigenvalue weighted by atomic mass is 10.2. The van der Waals surface area contributed by atoms with Gasteiger partial charge in [0.2, 0.25) is 5.13 Å². The molecule has 0 aliphatic heterocycles. The second-order valence-corrected chi connectivity index (χ2v) is 7.63. The zero-order valence-electron chi connectivity index (χ0n) is 10.5. The lowest BCUT2D eigenvalue weighted by Gasteiger charge is -1.99. The average molecular weight is 370 g/mol. The number of nitrogens with one attached hydrogen (secondary N) is 1. The summed E-state index contributed by atoms with van der Waals surface area (Å²) in [5, 5.41) is 12.3. The summed E-state index contributed by atoms with van der Waals surface area (Å²) in [6.45, 7) is 0. The second-order valence-electron chi connectivity index (χ2n) is 4.51. The number of hydrogen-bond acceptors (Lipinski definition) is 6. The van der Waals surface area contributed by atoms with E-state index in [0.717, 1.165) is 19.5 Å². The number of carbonyl (C=O) groups is 1. The molecule has 1 aliphatic carbocycles. The number of ketones is 1. The van der Waals surface area contributed by atoms with Gasteiger partial charge in [-0.3, -0.25) is 4.79 Å². The smallest absolute Gasteiger partial charge is 0.206 e. The Morgan fingerprint density at radius 1 is 1.35 bits per heavy atom. The van der Waals surface area contributed by atoms with Crippen molar-refractivity contribution < 1.29 is 4.79 Å². The molecule has 20 heavy (non-hydrogen) atoms. The first kappa shape index (κ1) is 14.0. The molecule has 7 heteroatoms. The molecule has 0 spiro atoms. The van der Waals surface area contributed by atoms with E-state index in [1.807, 2.05) is 24.3 Å². The van der Waals surface area contributed by atoms with Crippen LogP contribution < -0.4 is 5.32 Å². The molecule has 1 saturated carbocycles. The zero-order chi connectivity index (χ0) is 13.9. The third-order valence-corrected chi connectivity index (χ3v) is 5.32. The van der Waals surface area contributed by atoms with Crippen molar-refractivity contribution in [3.8, 4) is 0 Å². The number of aromatic nitrogens is 2. The fraction of sp³-hybridized carbons (Fsp3) is 0.308. The Morgan fingerprint density at radius 3 is 2.80 bits per heavy atom. The quantitative estimate of drug-likeness (QED) is 0.618. The van der Waals surface area contributed by atoms with Crippen LogP contribution in [-0.2, 0) is 0 Å². The van der Waals surface area contributed by atoms with E-state index in [9.17, 15) is 4.79 Å². The number of benzene rings is 1. The highest BCUT2D eigenvalue weighted by Gasteiger charge is 2.22. The van der Waals surface area contributed by atoms with E-state index < -0.39 is 0 Å². The minimum absolute atomic E-state index is 0.106. The van der Waals surface area contributed by atoms with Gasteiger partial charge < -0.3 is 5.32 Å². The minimum Gasteiger partial charge on any atom is -0.357 e. The fourth-order valence-electron chi connectivity index (χ4n) is 1.58. The molecule has 0 unspecified atom stereocenters. The molecule has 4 nitrogen and oxygen atoms in total. The summed E-state index contributed by atoms with van der Waals surface area (Å²) >= 11 is 6.31. The molecule has 104 valence electrons. The van der Waals surface area contributed by atoms with Gasteiger partial charge in [0.05, 0.1) is 5.75 Å². The first-order chi connectivity index (χ1) is 9.70. The highest BCUT2D eigenvalue weighted by atomic mass is 79.9. The van der Waals surface area contributed by atoms with E-state index in [1.54, 1.807) is 0 Å². The number of anilines is 1. The van der Waals surface area contributed by atoms with E-state index in [0.29, 0.717) is 11.8 Å². The van der Waals surface area contributed by atoms with Crippen molar-refractivity contribution in [3.05, 3.63) is 34.3 Å². The molecule has 1 N–H and O–H groups in total. The molecule has 1 heterocycles. The predicted octanol–water partition coefficient (Wildman–Crippen LogP) is 3.85. The summed E-state index contributed by atoms with van der Waals surface area (Å²) in [5.74, 6) is 0.495. The highest BCUT2D eigenvalue weighted by molar-refractivity contribution is 9.10. The maximum atomic E-state index is 12.0. The summed E-state index contributed by atoms with van der Waals surface area (Å²) in [4.78, 5) is 12.0. The molecular weight excluding hydrogens is 358 g/mol. The van der Waals surface area contributed by atoms with Crippen molar-refractivity contribution in [2.45, 2.75) is 23.2 Å². The highest BCUT2D eigenvalue weighted by Crippen LogP contribution is 2.30. The van der Waals surface area contributed by atoms with E-state index in [4.69, 9.17) is 0 Å². The van der Waals surface area contributed by atoms with Crippen LogP contribution in [0.15, 0.2) is 33.1 Å². The molecule has 3 rings (SSSR count). The lowest BCUT2D eigenvalue weighted by Crippen LogP contribution is -2.01. The SMILES string of the molecule is O=C(CSc1nnc(NC2CC2)s1)c1ccc(Br)cc1. The van der Waals surface area contributed by atoms with Crippen molar-refractivity contribution in [2.75, 3.05) is 11.1 Å². The van der Waals surface area contributed by atoms with Gasteiger partial charge in [-0.1, -0.05) is 51.2 Å². The van der Waals surface area contributed by atoms with Crippen LogP contribution in [0, 0.1) is 0 Å². The summed E-state index contributed by atoms with van der Waals surface area (Å²) in [7, 11) is 0. The Labute approximate surface area is 133 Å². The molecule has 2 aromatic rings. The van der Waals surface area contributed by atoms with Crippen LogP contribution in [0.2, 0.25) is 0 Å². The fourth-order valence-corrected chi connectivity index (χ4v) is 3.56. The number of nitrogens with zero attached hydrogens (tertiary/aromatic N) is 2. The van der Waals surface area contributed by atoms with E-state index in [2.05, 4.69) is 31.4 Å². The maximum absolute atomic E-state index is 12.0. The summed E-state index contributed by atoms with van der Waals surface area (Å²) in [5.41, 5.74) is 0.724. The van der Waals surface area contributed by atoms with Gasteiger partial charge in [-0.25, -0.2) is 0 Å². The molecule has 0 bridgehead atoms. The Bertz CT molecular complexity index is 610. The second kappa shape index (κ2) is 6.24. The number of carbonyl (C=O) groups excluding carboxylic acids is 1. The number of Topliss-reactive ketones (excluding diaryl/α,β-unsaturated/α-hetero) is 1. The molecule has 1 aromatic heterocycles. The van der Waals surface area contributed by atoms with E-state index in [1.165, 1.54) is 35.9 Å². The van der Waals surface area contributed by atoms with Crippen LogP contribution in [0.4, 0.5) is 5.13 Å². The van der Waals surface area contributed by atoms with Crippen LogP contribution in [-0.4, -0.2) is 27.8 Å². The molecule has 0 amide bonds. The van der Waals surface area contributed by atoms with Crippen molar-refractivity contribution in [3.63, 3.8) is 0 Å². The summed E-state index contributed by atoms with van der Waals surface area (Å²) in [6, 6.07) is 7.98. The van der Waals surface area contributed by atoms with E-state index in [-0.39, 0.29) is 5.78 Å². The number of halogens is 1. The van der Waals surface area contributed by atoms with Crippen molar-refractivity contribution in [1.82, 2.24) is 10.2 Å². The lowest BCUT2D eigenvalue weighted by molar-refractivity contribution is 0.102. The normalized spacial score (nSPS) is 14.2. The van der Waals surface area contributed by atoms with Gasteiger partial charge in [-0.05, 0) is 25.0 Å². The van der Waals surface area contributed by atoms with Crippen molar-refractivity contribution in [2.24, 2.45) is 0 Å². The minimum atomic E-state index is 0.106. The molecule has 1 aromatic carbocycles. The first-order valence-corrected chi connectivity index (χ1v) is 8.82.